The van der Waals surface area contributed by atoms with Crippen molar-refractivity contribution in [3.8, 4) is 0 Å². The van der Waals surface area contributed by atoms with Gasteiger partial charge in [0.2, 0.25) is 11.9 Å². The van der Waals surface area contributed by atoms with Gasteiger partial charge in [0.25, 0.3) is 0 Å². The average molecular weight is 179 g/mol. The van der Waals surface area contributed by atoms with Crippen molar-refractivity contribution in [2.75, 3.05) is 17.6 Å². The Morgan fingerprint density at radius 1 is 1.62 bits per heavy atom. The van der Waals surface area contributed by atoms with E-state index in [9.17, 15) is 0 Å². The molecule has 5 nitrogen and oxygen atoms in total. The highest BCUT2D eigenvalue weighted by Crippen LogP contribution is 2.01. The number of hydrogen-bond donors (Lipinski definition) is 2. The van der Waals surface area contributed by atoms with E-state index in [1.807, 2.05) is 6.92 Å². The molecule has 1 rings (SSSR count). The largest absolute Gasteiger partial charge is 0.368 e. The van der Waals surface area contributed by atoms with E-state index in [0.717, 1.165) is 12.0 Å². The van der Waals surface area contributed by atoms with E-state index in [2.05, 4.69) is 26.8 Å². The molecule has 1 aromatic heterocycles. The number of hydrogen-bond acceptors (Lipinski definition) is 5. The third-order valence-corrected chi connectivity index (χ3v) is 1.59. The lowest BCUT2D eigenvalue weighted by atomic mass is 10.2. The summed E-state index contributed by atoms with van der Waals surface area (Å²) in [7, 11) is 0. The maximum Gasteiger partial charge on any atom is 0.227 e. The van der Waals surface area contributed by atoms with E-state index in [-0.39, 0.29) is 5.95 Å². The van der Waals surface area contributed by atoms with Crippen LogP contribution in [0, 0.1) is 0 Å². The van der Waals surface area contributed by atoms with Crippen LogP contribution in [0.1, 0.15) is 13.3 Å². The summed E-state index contributed by atoms with van der Waals surface area (Å²) in [5.41, 5.74) is 6.47. The van der Waals surface area contributed by atoms with Gasteiger partial charge in [-0.1, -0.05) is 19.1 Å². The van der Waals surface area contributed by atoms with Gasteiger partial charge in [0.05, 0.1) is 0 Å². The molecule has 0 aliphatic carbocycles. The standard InChI is InChI=1S/C8H13N5/c1-3-6(2)4-10-8-12-5-11-7(9)13-8/h5H,2-4H2,1H3,(H3,9,10,11,12,13). The summed E-state index contributed by atoms with van der Waals surface area (Å²) >= 11 is 0. The molecule has 5 heteroatoms. The van der Waals surface area contributed by atoms with E-state index in [4.69, 9.17) is 5.73 Å². The summed E-state index contributed by atoms with van der Waals surface area (Å²) in [5, 5.41) is 2.99. The molecule has 0 radical (unpaired) electrons. The van der Waals surface area contributed by atoms with Crippen LogP contribution in [0.25, 0.3) is 0 Å². The molecule has 0 atom stereocenters. The van der Waals surface area contributed by atoms with E-state index in [0.29, 0.717) is 12.5 Å². The molecule has 0 aromatic carbocycles. The topological polar surface area (TPSA) is 76.7 Å². The van der Waals surface area contributed by atoms with Crippen LogP contribution in [0.2, 0.25) is 0 Å². The number of nitrogen functional groups attached to an aromatic ring is 1. The summed E-state index contributed by atoms with van der Waals surface area (Å²) in [5.74, 6) is 0.710. The van der Waals surface area contributed by atoms with Crippen LogP contribution in [0.5, 0.6) is 0 Å². The van der Waals surface area contributed by atoms with E-state index in [1.165, 1.54) is 6.33 Å². The Labute approximate surface area is 77.1 Å². The fourth-order valence-corrected chi connectivity index (χ4v) is 0.723. The SMILES string of the molecule is C=C(CC)CNc1ncnc(N)n1. The molecule has 0 bridgehead atoms. The second-order valence-electron chi connectivity index (χ2n) is 2.62. The molecule has 13 heavy (non-hydrogen) atoms. The molecule has 0 aliphatic rings. The molecular formula is C8H13N5. The van der Waals surface area contributed by atoms with E-state index >= 15 is 0 Å². The van der Waals surface area contributed by atoms with Gasteiger partial charge in [0.15, 0.2) is 0 Å². The lowest BCUT2D eigenvalue weighted by Crippen LogP contribution is -2.08. The number of anilines is 2. The first-order valence-electron chi connectivity index (χ1n) is 4.07. The molecule has 1 aromatic rings. The van der Waals surface area contributed by atoms with Gasteiger partial charge in [0.1, 0.15) is 6.33 Å². The number of nitrogens with one attached hydrogen (secondary N) is 1. The molecule has 70 valence electrons. The molecule has 0 aliphatic heterocycles. The Morgan fingerprint density at radius 2 is 2.38 bits per heavy atom. The van der Waals surface area contributed by atoms with Gasteiger partial charge >= 0.3 is 0 Å². The number of nitrogens with zero attached hydrogens (tertiary/aromatic N) is 3. The number of rotatable bonds is 4. The maximum atomic E-state index is 5.37. The zero-order valence-electron chi connectivity index (χ0n) is 7.62. The van der Waals surface area contributed by atoms with Crippen molar-refractivity contribution in [1.29, 1.82) is 0 Å². The Kier molecular flexibility index (Phi) is 3.19. The quantitative estimate of drug-likeness (QED) is 0.669. The monoisotopic (exact) mass is 179 g/mol. The molecule has 0 amide bonds. The molecule has 0 spiro atoms. The highest BCUT2D eigenvalue weighted by molar-refractivity contribution is 5.30. The molecule has 0 unspecified atom stereocenters. The second-order valence-corrected chi connectivity index (χ2v) is 2.62. The Balaban J connectivity index is 2.50. The molecule has 0 saturated heterocycles. The second kappa shape index (κ2) is 4.39. The van der Waals surface area contributed by atoms with E-state index < -0.39 is 0 Å². The Bertz CT molecular complexity index is 296. The average Bonchev–Trinajstić information content (AvgIpc) is 2.14. The zero-order valence-corrected chi connectivity index (χ0v) is 7.62. The van der Waals surface area contributed by atoms with Gasteiger partial charge in [-0.15, -0.1) is 0 Å². The van der Waals surface area contributed by atoms with Crippen LogP contribution in [-0.4, -0.2) is 21.5 Å². The van der Waals surface area contributed by atoms with Crippen molar-refractivity contribution in [3.63, 3.8) is 0 Å². The van der Waals surface area contributed by atoms with Gasteiger partial charge in [-0.3, -0.25) is 0 Å². The van der Waals surface area contributed by atoms with Crippen LogP contribution in [0.4, 0.5) is 11.9 Å². The lowest BCUT2D eigenvalue weighted by Gasteiger charge is -2.04. The van der Waals surface area contributed by atoms with Gasteiger partial charge in [-0.25, -0.2) is 9.97 Å². The molecule has 3 N–H and O–H groups in total. The van der Waals surface area contributed by atoms with Gasteiger partial charge in [-0.05, 0) is 6.42 Å². The molecule has 0 saturated carbocycles. The summed E-state index contributed by atoms with van der Waals surface area (Å²) in [6.07, 6.45) is 2.31. The maximum absolute atomic E-state index is 5.37. The molecule has 1 heterocycles. The van der Waals surface area contributed by atoms with Crippen LogP contribution in [-0.2, 0) is 0 Å². The highest BCUT2D eigenvalue weighted by Gasteiger charge is 1.96. The van der Waals surface area contributed by atoms with Gasteiger partial charge in [-0.2, -0.15) is 4.98 Å². The van der Waals surface area contributed by atoms with Crippen LogP contribution >= 0.6 is 0 Å². The van der Waals surface area contributed by atoms with Gasteiger partial charge < -0.3 is 11.1 Å². The minimum Gasteiger partial charge on any atom is -0.368 e. The summed E-state index contributed by atoms with van der Waals surface area (Å²) in [6.45, 7) is 6.56. The molecule has 0 fully saturated rings. The predicted molar refractivity (Wildman–Crippen MR) is 52.2 cm³/mol. The van der Waals surface area contributed by atoms with Crippen LogP contribution in [0.15, 0.2) is 18.5 Å². The summed E-state index contributed by atoms with van der Waals surface area (Å²) in [4.78, 5) is 11.5. The smallest absolute Gasteiger partial charge is 0.227 e. The van der Waals surface area contributed by atoms with E-state index in [1.54, 1.807) is 0 Å². The first kappa shape index (κ1) is 9.44. The lowest BCUT2D eigenvalue weighted by molar-refractivity contribution is 0.998. The third kappa shape index (κ3) is 3.06. The van der Waals surface area contributed by atoms with Crippen LogP contribution < -0.4 is 11.1 Å². The van der Waals surface area contributed by atoms with Crippen molar-refractivity contribution >= 4 is 11.9 Å². The van der Waals surface area contributed by atoms with Crippen molar-refractivity contribution in [2.24, 2.45) is 0 Å². The Morgan fingerprint density at radius 3 is 3.00 bits per heavy atom. The van der Waals surface area contributed by atoms with Crippen molar-refractivity contribution in [1.82, 2.24) is 15.0 Å². The van der Waals surface area contributed by atoms with Crippen molar-refractivity contribution in [3.05, 3.63) is 18.5 Å². The first-order chi connectivity index (χ1) is 6.22. The number of aromatic nitrogens is 3. The fraction of sp³-hybridized carbons (Fsp3) is 0.375. The third-order valence-electron chi connectivity index (χ3n) is 1.59. The first-order valence-corrected chi connectivity index (χ1v) is 4.07. The number of nitrogens with two attached hydrogens (primary N) is 1. The van der Waals surface area contributed by atoms with Crippen LogP contribution in [0.3, 0.4) is 0 Å². The van der Waals surface area contributed by atoms with Gasteiger partial charge in [0, 0.05) is 6.54 Å². The summed E-state index contributed by atoms with van der Waals surface area (Å²) in [6, 6.07) is 0. The minimum absolute atomic E-state index is 0.222. The fourth-order valence-electron chi connectivity index (χ4n) is 0.723. The highest BCUT2D eigenvalue weighted by atomic mass is 15.2. The van der Waals surface area contributed by atoms with Crippen molar-refractivity contribution in [2.45, 2.75) is 13.3 Å². The normalized spacial score (nSPS) is 9.62. The minimum atomic E-state index is 0.222. The predicted octanol–water partition coefficient (Wildman–Crippen LogP) is 0.832. The zero-order chi connectivity index (χ0) is 9.68. The Hall–Kier alpha value is -1.65. The van der Waals surface area contributed by atoms with Crippen molar-refractivity contribution < 1.29 is 0 Å². The summed E-state index contributed by atoms with van der Waals surface area (Å²) < 4.78 is 0. The molecular weight excluding hydrogens is 166 g/mol.